The molecule has 6 heteroatoms. The molecule has 3 aromatic carbocycles. The average Bonchev–Trinajstić information content (AvgIpc) is 3.05. The normalized spacial score (nSPS) is 10.9. The van der Waals surface area contributed by atoms with Gasteiger partial charge in [-0.25, -0.2) is 0 Å². The summed E-state index contributed by atoms with van der Waals surface area (Å²) in [6.07, 6.45) is 0. The minimum atomic E-state index is -0.0253. The van der Waals surface area contributed by atoms with E-state index in [-0.39, 0.29) is 19.0 Å². The number of aliphatic hydroxyl groups excluding tert-OH is 1. The standard InChI is InChI=1S/C22H17BrO4S/c23-15-3-1-14(2-4-15)22-21(19-10-5-16(25)13-20(19)28-22)27-18-8-6-17(7-9-18)26-12-11-24/h1-10,13,24-25H,11-12H2. The smallest absolute Gasteiger partial charge is 0.153 e. The molecule has 0 aliphatic carbocycles. The second-order valence-corrected chi connectivity index (χ2v) is 8.06. The lowest BCUT2D eigenvalue weighted by Gasteiger charge is -2.10. The Hall–Kier alpha value is -2.54. The Morgan fingerprint density at radius 1 is 0.893 bits per heavy atom. The minimum Gasteiger partial charge on any atom is -0.508 e. The van der Waals surface area contributed by atoms with Crippen LogP contribution in [0.3, 0.4) is 0 Å². The van der Waals surface area contributed by atoms with Crippen LogP contribution in [0, 0.1) is 0 Å². The van der Waals surface area contributed by atoms with Gasteiger partial charge in [0.15, 0.2) is 5.75 Å². The van der Waals surface area contributed by atoms with Crippen LogP contribution in [0.4, 0.5) is 0 Å². The van der Waals surface area contributed by atoms with E-state index in [1.54, 1.807) is 23.5 Å². The van der Waals surface area contributed by atoms with Gasteiger partial charge in [0, 0.05) is 14.6 Å². The maximum Gasteiger partial charge on any atom is 0.153 e. The Kier molecular flexibility index (Phi) is 5.52. The predicted molar refractivity (Wildman–Crippen MR) is 116 cm³/mol. The highest BCUT2D eigenvalue weighted by Gasteiger charge is 2.17. The fraction of sp³-hybridized carbons (Fsp3) is 0.0909. The van der Waals surface area contributed by atoms with Crippen molar-refractivity contribution < 1.29 is 19.7 Å². The lowest BCUT2D eigenvalue weighted by Crippen LogP contribution is -2.01. The molecular formula is C22H17BrO4S. The number of halogens is 1. The van der Waals surface area contributed by atoms with Gasteiger partial charge in [0.05, 0.1) is 11.5 Å². The first-order valence-electron chi connectivity index (χ1n) is 8.67. The highest BCUT2D eigenvalue weighted by Crippen LogP contribution is 2.47. The van der Waals surface area contributed by atoms with Gasteiger partial charge in [-0.1, -0.05) is 28.1 Å². The number of phenolic OH excluding ortho intramolecular Hbond substituents is 1. The molecule has 0 aliphatic rings. The zero-order valence-corrected chi connectivity index (χ0v) is 17.2. The van der Waals surface area contributed by atoms with Crippen LogP contribution in [-0.4, -0.2) is 23.4 Å². The summed E-state index contributed by atoms with van der Waals surface area (Å²) in [5.74, 6) is 2.34. The van der Waals surface area contributed by atoms with E-state index in [9.17, 15) is 5.11 Å². The molecule has 0 saturated carbocycles. The highest BCUT2D eigenvalue weighted by atomic mass is 79.9. The number of aromatic hydroxyl groups is 1. The third-order valence-electron chi connectivity index (χ3n) is 4.14. The number of rotatable bonds is 6. The minimum absolute atomic E-state index is 0.0253. The van der Waals surface area contributed by atoms with Gasteiger partial charge in [0.2, 0.25) is 0 Å². The van der Waals surface area contributed by atoms with Crippen molar-refractivity contribution in [2.45, 2.75) is 0 Å². The van der Waals surface area contributed by atoms with Gasteiger partial charge in [-0.3, -0.25) is 0 Å². The number of aliphatic hydroxyl groups is 1. The van der Waals surface area contributed by atoms with Gasteiger partial charge >= 0.3 is 0 Å². The fourth-order valence-electron chi connectivity index (χ4n) is 2.84. The van der Waals surface area contributed by atoms with Gasteiger partial charge in [0.25, 0.3) is 0 Å². The maximum atomic E-state index is 9.86. The molecule has 0 bridgehead atoms. The quantitative estimate of drug-likeness (QED) is 0.362. The summed E-state index contributed by atoms with van der Waals surface area (Å²) in [5.41, 5.74) is 1.04. The molecule has 0 aliphatic heterocycles. The van der Waals surface area contributed by atoms with E-state index in [1.165, 1.54) is 0 Å². The molecule has 142 valence electrons. The summed E-state index contributed by atoms with van der Waals surface area (Å²) in [4.78, 5) is 0.994. The van der Waals surface area contributed by atoms with Crippen LogP contribution in [0.5, 0.6) is 23.0 Å². The maximum absolute atomic E-state index is 9.86. The molecule has 1 heterocycles. The first-order chi connectivity index (χ1) is 13.6. The molecular weight excluding hydrogens is 440 g/mol. The van der Waals surface area contributed by atoms with Crippen LogP contribution < -0.4 is 9.47 Å². The Morgan fingerprint density at radius 2 is 1.61 bits per heavy atom. The topological polar surface area (TPSA) is 58.9 Å². The average molecular weight is 457 g/mol. The van der Waals surface area contributed by atoms with Crippen LogP contribution in [0.15, 0.2) is 71.2 Å². The van der Waals surface area contributed by atoms with Crippen LogP contribution in [0.1, 0.15) is 0 Å². The lowest BCUT2D eigenvalue weighted by molar-refractivity contribution is 0.201. The molecule has 28 heavy (non-hydrogen) atoms. The lowest BCUT2D eigenvalue weighted by atomic mass is 10.1. The van der Waals surface area contributed by atoms with Crippen molar-refractivity contribution in [3.8, 4) is 33.4 Å². The summed E-state index contributed by atoms with van der Waals surface area (Å²) in [5, 5.41) is 19.7. The summed E-state index contributed by atoms with van der Waals surface area (Å²) in [6, 6.07) is 20.6. The van der Waals surface area contributed by atoms with Crippen molar-refractivity contribution in [2.75, 3.05) is 13.2 Å². The zero-order chi connectivity index (χ0) is 19.5. The Balaban J connectivity index is 1.74. The molecule has 4 rings (SSSR count). The van der Waals surface area contributed by atoms with E-state index in [0.717, 1.165) is 30.7 Å². The molecule has 0 saturated heterocycles. The van der Waals surface area contributed by atoms with Crippen LogP contribution in [-0.2, 0) is 0 Å². The van der Waals surface area contributed by atoms with Crippen LogP contribution in [0.25, 0.3) is 20.5 Å². The number of fused-ring (bicyclic) bond motifs is 1. The molecule has 4 aromatic rings. The van der Waals surface area contributed by atoms with Gasteiger partial charge in [-0.2, -0.15) is 0 Å². The van der Waals surface area contributed by atoms with Crippen molar-refractivity contribution in [1.82, 2.24) is 0 Å². The third kappa shape index (κ3) is 3.99. The van der Waals surface area contributed by atoms with Crippen LogP contribution >= 0.6 is 27.3 Å². The van der Waals surface area contributed by atoms with E-state index >= 15 is 0 Å². The van der Waals surface area contributed by atoms with Crippen molar-refractivity contribution in [2.24, 2.45) is 0 Å². The van der Waals surface area contributed by atoms with E-state index in [2.05, 4.69) is 15.9 Å². The monoisotopic (exact) mass is 456 g/mol. The summed E-state index contributed by atoms with van der Waals surface area (Å²) >= 11 is 5.05. The number of benzene rings is 3. The molecule has 0 amide bonds. The summed E-state index contributed by atoms with van der Waals surface area (Å²) in [7, 11) is 0. The molecule has 0 spiro atoms. The molecule has 0 unspecified atom stereocenters. The van der Waals surface area contributed by atoms with Gasteiger partial charge in [0.1, 0.15) is 23.9 Å². The third-order valence-corrected chi connectivity index (χ3v) is 5.85. The first kappa shape index (κ1) is 18.8. The predicted octanol–water partition coefficient (Wildman–Crippen LogP) is 6.20. The number of phenols is 1. The van der Waals surface area contributed by atoms with Gasteiger partial charge in [-0.05, 0) is 60.2 Å². The molecule has 2 N–H and O–H groups in total. The Morgan fingerprint density at radius 3 is 2.32 bits per heavy atom. The fourth-order valence-corrected chi connectivity index (χ4v) is 4.27. The second-order valence-electron chi connectivity index (χ2n) is 6.09. The highest BCUT2D eigenvalue weighted by molar-refractivity contribution is 9.10. The van der Waals surface area contributed by atoms with Crippen molar-refractivity contribution in [3.05, 3.63) is 71.2 Å². The summed E-state index contributed by atoms with van der Waals surface area (Å²) < 4.78 is 13.6. The van der Waals surface area contributed by atoms with Gasteiger partial charge in [-0.15, -0.1) is 11.3 Å². The summed E-state index contributed by atoms with van der Waals surface area (Å²) in [6.45, 7) is 0.231. The van der Waals surface area contributed by atoms with E-state index in [0.29, 0.717) is 11.5 Å². The zero-order valence-electron chi connectivity index (χ0n) is 14.8. The number of ether oxygens (including phenoxy) is 2. The molecule has 4 nitrogen and oxygen atoms in total. The SMILES string of the molecule is OCCOc1ccc(Oc2c(-c3ccc(Br)cc3)sc3cc(O)ccc23)cc1. The largest absolute Gasteiger partial charge is 0.508 e. The van der Waals surface area contributed by atoms with Crippen LogP contribution in [0.2, 0.25) is 0 Å². The Bertz CT molecular complexity index is 1090. The van der Waals surface area contributed by atoms with Gasteiger partial charge < -0.3 is 19.7 Å². The number of thiophene rings is 1. The van der Waals surface area contributed by atoms with Crippen molar-refractivity contribution in [3.63, 3.8) is 0 Å². The second kappa shape index (κ2) is 8.22. The van der Waals surface area contributed by atoms with Crippen molar-refractivity contribution in [1.29, 1.82) is 0 Å². The molecule has 0 radical (unpaired) electrons. The first-order valence-corrected chi connectivity index (χ1v) is 10.3. The number of hydrogen-bond acceptors (Lipinski definition) is 5. The van der Waals surface area contributed by atoms with E-state index < -0.39 is 0 Å². The van der Waals surface area contributed by atoms with Crippen molar-refractivity contribution >= 4 is 37.4 Å². The molecule has 0 fully saturated rings. The van der Waals surface area contributed by atoms with E-state index in [4.69, 9.17) is 14.6 Å². The molecule has 1 aromatic heterocycles. The van der Waals surface area contributed by atoms with E-state index in [1.807, 2.05) is 54.6 Å². The number of hydrogen-bond donors (Lipinski definition) is 2. The Labute approximate surface area is 174 Å². The molecule has 0 atom stereocenters.